The molecule has 0 saturated carbocycles. The summed E-state index contributed by atoms with van der Waals surface area (Å²) < 4.78 is 10.4. The summed E-state index contributed by atoms with van der Waals surface area (Å²) in [4.78, 5) is 11.8. The third-order valence-electron chi connectivity index (χ3n) is 2.76. The van der Waals surface area contributed by atoms with Crippen LogP contribution in [0.4, 0.5) is 0 Å². The zero-order valence-corrected chi connectivity index (χ0v) is 10.7. The molecule has 0 aliphatic rings. The van der Waals surface area contributed by atoms with Crippen LogP contribution < -0.4 is 0 Å². The van der Waals surface area contributed by atoms with Crippen molar-refractivity contribution >= 4 is 5.97 Å². The van der Waals surface area contributed by atoms with E-state index in [-0.39, 0.29) is 5.97 Å². The van der Waals surface area contributed by atoms with Crippen molar-refractivity contribution in [2.75, 3.05) is 13.7 Å². The first-order valence-electron chi connectivity index (χ1n) is 5.93. The van der Waals surface area contributed by atoms with E-state index in [0.29, 0.717) is 12.5 Å². The third kappa shape index (κ3) is 4.19. The van der Waals surface area contributed by atoms with Crippen LogP contribution in [0.3, 0.4) is 0 Å². The number of benzene rings is 1. The second-order valence-electron chi connectivity index (χ2n) is 4.17. The van der Waals surface area contributed by atoms with Gasteiger partial charge in [-0.1, -0.05) is 50.6 Å². The molecule has 0 saturated heterocycles. The SMILES string of the molecule is CCC(C)COC(=O)C(OC)c1ccccc1. The number of esters is 1. The zero-order valence-electron chi connectivity index (χ0n) is 10.7. The van der Waals surface area contributed by atoms with Gasteiger partial charge in [-0.05, 0) is 11.5 Å². The molecule has 0 aromatic heterocycles. The molecule has 1 aromatic carbocycles. The van der Waals surface area contributed by atoms with Gasteiger partial charge >= 0.3 is 5.97 Å². The number of carbonyl (C=O) groups is 1. The predicted octanol–water partition coefficient (Wildman–Crippen LogP) is 2.96. The quantitative estimate of drug-likeness (QED) is 0.712. The van der Waals surface area contributed by atoms with Gasteiger partial charge in [0.2, 0.25) is 0 Å². The first-order chi connectivity index (χ1) is 8.19. The Morgan fingerprint density at radius 2 is 1.94 bits per heavy atom. The van der Waals surface area contributed by atoms with E-state index in [4.69, 9.17) is 9.47 Å². The molecule has 0 heterocycles. The first kappa shape index (κ1) is 13.7. The van der Waals surface area contributed by atoms with Crippen LogP contribution >= 0.6 is 0 Å². The average molecular weight is 236 g/mol. The van der Waals surface area contributed by atoms with Gasteiger partial charge in [0.25, 0.3) is 0 Å². The molecule has 2 atom stereocenters. The van der Waals surface area contributed by atoms with E-state index in [0.717, 1.165) is 12.0 Å². The molecule has 1 rings (SSSR count). The van der Waals surface area contributed by atoms with Crippen LogP contribution in [0, 0.1) is 5.92 Å². The Hall–Kier alpha value is -1.35. The van der Waals surface area contributed by atoms with Crippen molar-refractivity contribution in [2.45, 2.75) is 26.4 Å². The summed E-state index contributed by atoms with van der Waals surface area (Å²) in [5.41, 5.74) is 0.823. The minimum absolute atomic E-state index is 0.320. The molecule has 3 nitrogen and oxygen atoms in total. The normalized spacial score (nSPS) is 14.1. The maximum Gasteiger partial charge on any atom is 0.339 e. The molecule has 94 valence electrons. The molecule has 0 N–H and O–H groups in total. The Balaban J connectivity index is 2.59. The van der Waals surface area contributed by atoms with Crippen LogP contribution in [0.1, 0.15) is 31.9 Å². The molecule has 2 unspecified atom stereocenters. The Labute approximate surface area is 103 Å². The molecule has 3 heteroatoms. The summed E-state index contributed by atoms with van der Waals surface area (Å²) in [7, 11) is 1.52. The fourth-order valence-corrected chi connectivity index (χ4v) is 1.41. The molecule has 0 bridgehead atoms. The number of carbonyl (C=O) groups excluding carboxylic acids is 1. The molecular weight excluding hydrogens is 216 g/mol. The minimum Gasteiger partial charge on any atom is -0.463 e. The lowest BCUT2D eigenvalue weighted by molar-refractivity contribution is -0.157. The zero-order chi connectivity index (χ0) is 12.7. The van der Waals surface area contributed by atoms with Crippen LogP contribution in [-0.4, -0.2) is 19.7 Å². The van der Waals surface area contributed by atoms with E-state index in [2.05, 4.69) is 13.8 Å². The van der Waals surface area contributed by atoms with Gasteiger partial charge in [0.15, 0.2) is 6.10 Å². The molecule has 0 aliphatic carbocycles. The highest BCUT2D eigenvalue weighted by Crippen LogP contribution is 2.18. The molecular formula is C14H20O3. The van der Waals surface area contributed by atoms with Crippen LogP contribution in [0.2, 0.25) is 0 Å². The fraction of sp³-hybridized carbons (Fsp3) is 0.500. The lowest BCUT2D eigenvalue weighted by Crippen LogP contribution is -2.20. The summed E-state index contributed by atoms with van der Waals surface area (Å²) in [6.07, 6.45) is 0.372. The number of rotatable bonds is 6. The minimum atomic E-state index is -0.625. The topological polar surface area (TPSA) is 35.5 Å². The highest BCUT2D eigenvalue weighted by atomic mass is 16.6. The van der Waals surface area contributed by atoms with Gasteiger partial charge < -0.3 is 9.47 Å². The summed E-state index contributed by atoms with van der Waals surface area (Å²) in [6, 6.07) is 9.38. The summed E-state index contributed by atoms with van der Waals surface area (Å²) in [5.74, 6) is 0.0613. The Morgan fingerprint density at radius 1 is 1.29 bits per heavy atom. The first-order valence-corrected chi connectivity index (χ1v) is 5.93. The second-order valence-corrected chi connectivity index (χ2v) is 4.17. The summed E-state index contributed by atoms with van der Waals surface area (Å²) in [5, 5.41) is 0. The largest absolute Gasteiger partial charge is 0.463 e. The van der Waals surface area contributed by atoms with E-state index in [1.807, 2.05) is 30.3 Å². The van der Waals surface area contributed by atoms with Gasteiger partial charge in [-0.3, -0.25) is 0 Å². The van der Waals surface area contributed by atoms with E-state index in [1.54, 1.807) is 0 Å². The van der Waals surface area contributed by atoms with Crippen molar-refractivity contribution in [1.29, 1.82) is 0 Å². The van der Waals surface area contributed by atoms with Gasteiger partial charge in [-0.25, -0.2) is 4.79 Å². The molecule has 0 aliphatic heterocycles. The van der Waals surface area contributed by atoms with Crippen LogP contribution in [-0.2, 0) is 14.3 Å². The van der Waals surface area contributed by atoms with Gasteiger partial charge in [0.1, 0.15) is 0 Å². The smallest absolute Gasteiger partial charge is 0.339 e. The second kappa shape index (κ2) is 7.07. The van der Waals surface area contributed by atoms with Gasteiger partial charge in [0.05, 0.1) is 6.61 Å². The summed E-state index contributed by atoms with van der Waals surface area (Å²) in [6.45, 7) is 4.57. The third-order valence-corrected chi connectivity index (χ3v) is 2.76. The van der Waals surface area contributed by atoms with Crippen molar-refractivity contribution in [2.24, 2.45) is 5.92 Å². The van der Waals surface area contributed by atoms with Crippen molar-refractivity contribution in [3.05, 3.63) is 35.9 Å². The maximum absolute atomic E-state index is 11.8. The molecule has 1 aromatic rings. The highest BCUT2D eigenvalue weighted by Gasteiger charge is 2.21. The molecule has 0 radical (unpaired) electrons. The lowest BCUT2D eigenvalue weighted by Gasteiger charge is -2.16. The van der Waals surface area contributed by atoms with Crippen LogP contribution in [0.5, 0.6) is 0 Å². The van der Waals surface area contributed by atoms with Crippen LogP contribution in [0.15, 0.2) is 30.3 Å². The number of hydrogen-bond acceptors (Lipinski definition) is 3. The number of methoxy groups -OCH3 is 1. The van der Waals surface area contributed by atoms with Crippen molar-refractivity contribution < 1.29 is 14.3 Å². The van der Waals surface area contributed by atoms with E-state index in [9.17, 15) is 4.79 Å². The van der Waals surface area contributed by atoms with Gasteiger partial charge in [0, 0.05) is 7.11 Å². The molecule has 0 spiro atoms. The summed E-state index contributed by atoms with van der Waals surface area (Å²) >= 11 is 0. The Morgan fingerprint density at radius 3 is 2.47 bits per heavy atom. The van der Waals surface area contributed by atoms with Gasteiger partial charge in [-0.2, -0.15) is 0 Å². The Bertz CT molecular complexity index is 335. The van der Waals surface area contributed by atoms with Crippen LogP contribution in [0.25, 0.3) is 0 Å². The predicted molar refractivity (Wildman–Crippen MR) is 66.6 cm³/mol. The maximum atomic E-state index is 11.8. The van der Waals surface area contributed by atoms with Crippen molar-refractivity contribution in [3.8, 4) is 0 Å². The van der Waals surface area contributed by atoms with Crippen molar-refractivity contribution in [3.63, 3.8) is 0 Å². The number of hydrogen-bond donors (Lipinski definition) is 0. The van der Waals surface area contributed by atoms with E-state index >= 15 is 0 Å². The lowest BCUT2D eigenvalue weighted by atomic mass is 10.1. The Kier molecular flexibility index (Phi) is 5.70. The molecule has 0 fully saturated rings. The van der Waals surface area contributed by atoms with Gasteiger partial charge in [-0.15, -0.1) is 0 Å². The van der Waals surface area contributed by atoms with E-state index < -0.39 is 6.10 Å². The monoisotopic (exact) mass is 236 g/mol. The highest BCUT2D eigenvalue weighted by molar-refractivity contribution is 5.76. The fourth-order valence-electron chi connectivity index (χ4n) is 1.41. The molecule has 17 heavy (non-hydrogen) atoms. The molecule has 0 amide bonds. The standard InChI is InChI=1S/C14H20O3/c1-4-11(2)10-17-14(15)13(16-3)12-8-6-5-7-9-12/h5-9,11,13H,4,10H2,1-3H3. The van der Waals surface area contributed by atoms with Crippen molar-refractivity contribution in [1.82, 2.24) is 0 Å². The average Bonchev–Trinajstić information content (AvgIpc) is 2.38. The number of ether oxygens (including phenoxy) is 2. The van der Waals surface area contributed by atoms with E-state index in [1.165, 1.54) is 7.11 Å².